The van der Waals surface area contributed by atoms with Crippen molar-refractivity contribution < 1.29 is 8.78 Å². The van der Waals surface area contributed by atoms with Gasteiger partial charge in [0, 0.05) is 55.4 Å². The molecular weight excluding hydrogens is 404 g/mol. The number of hydrogen-bond donors (Lipinski definition) is 1. The molecule has 5 rings (SSSR count). The zero-order chi connectivity index (χ0) is 21.9. The van der Waals surface area contributed by atoms with Crippen molar-refractivity contribution in [3.05, 3.63) is 58.5 Å². The number of halogens is 2. The maximum atomic E-state index is 15.0. The fourth-order valence-corrected chi connectivity index (χ4v) is 4.03. The quantitative estimate of drug-likeness (QED) is 0.530. The number of imidazole rings is 1. The van der Waals surface area contributed by atoms with Gasteiger partial charge in [0.25, 0.3) is 0 Å². The lowest BCUT2D eigenvalue weighted by Crippen LogP contribution is -2.57. The molecule has 0 amide bonds. The molecule has 0 unspecified atom stereocenters. The molecule has 1 N–H and O–H groups in total. The minimum Gasteiger partial charge on any atom is -0.367 e. The first-order valence-corrected chi connectivity index (χ1v) is 9.95. The maximum absolute atomic E-state index is 15.0. The largest absolute Gasteiger partial charge is 0.367 e. The second kappa shape index (κ2) is 6.81. The number of piperazine rings is 1. The molecule has 0 aliphatic carbocycles. The zero-order valence-electron chi connectivity index (χ0n) is 17.4. The van der Waals surface area contributed by atoms with E-state index in [0.717, 1.165) is 10.9 Å². The number of nitrogens with zero attached hydrogens (tertiary/aromatic N) is 6. The lowest BCUT2D eigenvalue weighted by molar-refractivity contribution is 0.352. The Balaban J connectivity index is 1.62. The van der Waals surface area contributed by atoms with Gasteiger partial charge in [-0.25, -0.2) is 27.9 Å². The Morgan fingerprint density at radius 1 is 1.03 bits per heavy atom. The number of hydrogen-bond acceptors (Lipinski definition) is 6. The molecule has 0 bridgehead atoms. The summed E-state index contributed by atoms with van der Waals surface area (Å²) >= 11 is 0. The third kappa shape index (κ3) is 3.42. The Bertz CT molecular complexity index is 1390. The molecule has 4 aromatic heterocycles. The highest BCUT2D eigenvalue weighted by atomic mass is 19.1. The van der Waals surface area contributed by atoms with Gasteiger partial charge in [0.2, 0.25) is 0 Å². The molecule has 0 aromatic carbocycles. The molecular formula is C21H21F2N7O. The van der Waals surface area contributed by atoms with E-state index in [4.69, 9.17) is 0 Å². The van der Waals surface area contributed by atoms with Crippen LogP contribution in [0.25, 0.3) is 22.7 Å². The second-order valence-corrected chi connectivity index (χ2v) is 8.49. The van der Waals surface area contributed by atoms with Gasteiger partial charge in [-0.2, -0.15) is 4.98 Å². The molecule has 0 saturated carbocycles. The smallest absolute Gasteiger partial charge is 0.355 e. The van der Waals surface area contributed by atoms with Crippen LogP contribution in [0.5, 0.6) is 0 Å². The number of anilines is 1. The molecule has 1 aliphatic rings. The molecule has 0 spiro atoms. The minimum atomic E-state index is -0.683. The van der Waals surface area contributed by atoms with Crippen LogP contribution < -0.4 is 15.9 Å². The molecule has 5 heterocycles. The summed E-state index contributed by atoms with van der Waals surface area (Å²) in [6.07, 6.45) is 4.77. The first-order chi connectivity index (χ1) is 14.7. The molecule has 31 heavy (non-hydrogen) atoms. The van der Waals surface area contributed by atoms with E-state index in [-0.39, 0.29) is 28.2 Å². The number of rotatable bonds is 2. The van der Waals surface area contributed by atoms with E-state index in [1.807, 2.05) is 4.90 Å². The Hall–Kier alpha value is -3.40. The van der Waals surface area contributed by atoms with Gasteiger partial charge >= 0.3 is 5.69 Å². The van der Waals surface area contributed by atoms with Gasteiger partial charge in [0.05, 0.1) is 11.4 Å². The van der Waals surface area contributed by atoms with Crippen LogP contribution in [-0.4, -0.2) is 48.9 Å². The lowest BCUT2D eigenvalue weighted by Gasteiger charge is -2.40. The Labute approximate surface area is 176 Å². The fourth-order valence-electron chi connectivity index (χ4n) is 4.03. The molecule has 0 radical (unpaired) electrons. The highest BCUT2D eigenvalue weighted by Gasteiger charge is 2.27. The van der Waals surface area contributed by atoms with E-state index < -0.39 is 17.3 Å². The summed E-state index contributed by atoms with van der Waals surface area (Å²) in [6.45, 7) is 7.98. The normalized spacial score (nSPS) is 16.4. The molecule has 160 valence electrons. The van der Waals surface area contributed by atoms with Crippen LogP contribution in [0.3, 0.4) is 0 Å². The van der Waals surface area contributed by atoms with Crippen molar-refractivity contribution in [3.63, 3.8) is 0 Å². The maximum Gasteiger partial charge on any atom is 0.355 e. The topological polar surface area (TPSA) is 79.8 Å². The third-order valence-corrected chi connectivity index (χ3v) is 5.42. The van der Waals surface area contributed by atoms with Crippen LogP contribution in [0.2, 0.25) is 0 Å². The summed E-state index contributed by atoms with van der Waals surface area (Å²) in [6, 6.07) is 2.57. The molecule has 8 nitrogen and oxygen atoms in total. The third-order valence-electron chi connectivity index (χ3n) is 5.42. The summed E-state index contributed by atoms with van der Waals surface area (Å²) in [4.78, 5) is 27.1. The van der Waals surface area contributed by atoms with E-state index >= 15 is 4.39 Å². The molecule has 1 aliphatic heterocycles. The lowest BCUT2D eigenvalue weighted by atomic mass is 10.0. The van der Waals surface area contributed by atoms with E-state index in [9.17, 15) is 9.18 Å². The minimum absolute atomic E-state index is 0.0490. The van der Waals surface area contributed by atoms with Gasteiger partial charge < -0.3 is 14.6 Å². The van der Waals surface area contributed by atoms with Gasteiger partial charge in [0.1, 0.15) is 0 Å². The number of pyridine rings is 2. The first-order valence-electron chi connectivity index (χ1n) is 9.95. The average molecular weight is 425 g/mol. The first kappa shape index (κ1) is 19.6. The van der Waals surface area contributed by atoms with Crippen molar-refractivity contribution in [1.82, 2.24) is 29.1 Å². The van der Waals surface area contributed by atoms with Crippen molar-refractivity contribution >= 4 is 17.0 Å². The van der Waals surface area contributed by atoms with Crippen molar-refractivity contribution in [3.8, 4) is 11.4 Å². The molecule has 1 saturated heterocycles. The van der Waals surface area contributed by atoms with Gasteiger partial charge in [-0.05, 0) is 26.8 Å². The SMILES string of the molecule is Cc1cn2cc(-c3nc(=O)n4cc(N5CCNC(C)(C)C5)cc(F)c4n3)cc(F)c2n1. The molecule has 0 atom stereocenters. The summed E-state index contributed by atoms with van der Waals surface area (Å²) < 4.78 is 32.1. The number of aromatic nitrogens is 5. The highest BCUT2D eigenvalue weighted by molar-refractivity contribution is 5.61. The average Bonchev–Trinajstić information content (AvgIpc) is 3.08. The molecule has 1 fully saturated rings. The van der Waals surface area contributed by atoms with Gasteiger partial charge in [-0.15, -0.1) is 0 Å². The zero-order valence-corrected chi connectivity index (χ0v) is 17.4. The molecule has 4 aromatic rings. The van der Waals surface area contributed by atoms with Crippen molar-refractivity contribution in [2.75, 3.05) is 24.5 Å². The van der Waals surface area contributed by atoms with E-state index in [0.29, 0.717) is 24.5 Å². The van der Waals surface area contributed by atoms with Crippen LogP contribution in [-0.2, 0) is 0 Å². The van der Waals surface area contributed by atoms with Crippen molar-refractivity contribution in [2.24, 2.45) is 0 Å². The monoisotopic (exact) mass is 425 g/mol. The molecule has 10 heteroatoms. The fraction of sp³-hybridized carbons (Fsp3) is 0.333. The Kier molecular flexibility index (Phi) is 4.30. The summed E-state index contributed by atoms with van der Waals surface area (Å²) in [7, 11) is 0. The standard InChI is InChI=1S/C21H21F2N7O/c1-12-8-29-9-13(6-15(22)18(29)25-12)17-26-19-16(23)7-14(10-30(19)20(31)27-17)28-5-4-24-21(2,3)11-28/h6-10,24H,4-5,11H2,1-3H3. The van der Waals surface area contributed by atoms with Crippen LogP contribution in [0.15, 0.2) is 35.5 Å². The predicted octanol–water partition coefficient (Wildman–Crippen LogP) is 2.18. The van der Waals surface area contributed by atoms with Crippen LogP contribution in [0.4, 0.5) is 14.5 Å². The predicted molar refractivity (Wildman–Crippen MR) is 112 cm³/mol. The van der Waals surface area contributed by atoms with Crippen molar-refractivity contribution in [2.45, 2.75) is 26.3 Å². The van der Waals surface area contributed by atoms with E-state index in [2.05, 4.69) is 34.1 Å². The van der Waals surface area contributed by atoms with Crippen molar-refractivity contribution in [1.29, 1.82) is 0 Å². The highest BCUT2D eigenvalue weighted by Crippen LogP contribution is 2.24. The number of nitrogens with one attached hydrogen (secondary N) is 1. The van der Waals surface area contributed by atoms with Crippen LogP contribution in [0, 0.1) is 18.6 Å². The summed E-state index contributed by atoms with van der Waals surface area (Å²) in [5.41, 5.74) is 0.670. The van der Waals surface area contributed by atoms with Gasteiger partial charge in [0.15, 0.2) is 28.8 Å². The Morgan fingerprint density at radius 2 is 1.81 bits per heavy atom. The summed E-state index contributed by atoms with van der Waals surface area (Å²) in [5.74, 6) is -1.27. The Morgan fingerprint density at radius 3 is 2.58 bits per heavy atom. The number of aryl methyl sites for hydroxylation is 1. The van der Waals surface area contributed by atoms with E-state index in [1.54, 1.807) is 25.5 Å². The van der Waals surface area contributed by atoms with Crippen LogP contribution in [0.1, 0.15) is 19.5 Å². The van der Waals surface area contributed by atoms with Gasteiger partial charge in [-0.3, -0.25) is 0 Å². The van der Waals surface area contributed by atoms with E-state index in [1.165, 1.54) is 16.5 Å². The summed E-state index contributed by atoms with van der Waals surface area (Å²) in [5, 5.41) is 3.40. The van der Waals surface area contributed by atoms with Gasteiger partial charge in [-0.1, -0.05) is 0 Å². The van der Waals surface area contributed by atoms with Crippen LogP contribution >= 0.6 is 0 Å². The number of fused-ring (bicyclic) bond motifs is 2. The second-order valence-electron chi connectivity index (χ2n) is 8.49.